The Morgan fingerprint density at radius 3 is 2.35 bits per heavy atom. The lowest BCUT2D eigenvalue weighted by atomic mass is 9.92. The molecule has 1 heterocycles. The van der Waals surface area contributed by atoms with Gasteiger partial charge in [0.25, 0.3) is 5.91 Å². The maximum Gasteiger partial charge on any atom is 0.255 e. The van der Waals surface area contributed by atoms with Crippen molar-refractivity contribution < 1.29 is 14.4 Å². The minimum atomic E-state index is -0.681. The van der Waals surface area contributed by atoms with E-state index in [9.17, 15) is 14.4 Å². The van der Waals surface area contributed by atoms with Crippen molar-refractivity contribution >= 4 is 23.4 Å². The maximum absolute atomic E-state index is 12.7. The number of para-hydroxylation sites is 1. The zero-order valence-corrected chi connectivity index (χ0v) is 16.1. The van der Waals surface area contributed by atoms with Gasteiger partial charge >= 0.3 is 0 Å². The Kier molecular flexibility index (Phi) is 6.40. The van der Waals surface area contributed by atoms with E-state index in [1.807, 2.05) is 20.8 Å². The minimum absolute atomic E-state index is 0.0668. The smallest absolute Gasteiger partial charge is 0.255 e. The molecule has 1 aliphatic rings. The lowest BCUT2D eigenvalue weighted by Gasteiger charge is -2.21. The van der Waals surface area contributed by atoms with Crippen molar-refractivity contribution in [3.8, 4) is 0 Å². The number of benzene rings is 1. The summed E-state index contributed by atoms with van der Waals surface area (Å²) in [6.45, 7) is 9.05. The highest BCUT2D eigenvalue weighted by Gasteiger charge is 2.24. The summed E-state index contributed by atoms with van der Waals surface area (Å²) >= 11 is 0. The van der Waals surface area contributed by atoms with E-state index in [1.54, 1.807) is 36.1 Å². The van der Waals surface area contributed by atoms with Crippen LogP contribution >= 0.6 is 0 Å². The highest BCUT2D eigenvalue weighted by atomic mass is 16.2. The van der Waals surface area contributed by atoms with Crippen molar-refractivity contribution in [2.75, 3.05) is 18.4 Å². The molecular formula is C20H29N3O3. The molecular weight excluding hydrogens is 330 g/mol. The van der Waals surface area contributed by atoms with Gasteiger partial charge in [0.2, 0.25) is 11.8 Å². The van der Waals surface area contributed by atoms with Gasteiger partial charge in [0, 0.05) is 19.5 Å². The number of likely N-dealkylation sites (tertiary alicyclic amines) is 1. The quantitative estimate of drug-likeness (QED) is 0.848. The van der Waals surface area contributed by atoms with Crippen LogP contribution in [0.15, 0.2) is 24.3 Å². The topological polar surface area (TPSA) is 78.5 Å². The first kappa shape index (κ1) is 19.9. The molecule has 26 heavy (non-hydrogen) atoms. The Bertz CT molecular complexity index is 673. The molecule has 1 saturated heterocycles. The summed E-state index contributed by atoms with van der Waals surface area (Å²) in [5.74, 6) is -0.571. The van der Waals surface area contributed by atoms with E-state index in [0.717, 1.165) is 25.9 Å². The highest BCUT2D eigenvalue weighted by Crippen LogP contribution is 2.21. The Labute approximate surface area is 155 Å². The van der Waals surface area contributed by atoms with Crippen LogP contribution in [0.5, 0.6) is 0 Å². The molecule has 0 aliphatic carbocycles. The third-order valence-corrected chi connectivity index (χ3v) is 4.27. The van der Waals surface area contributed by atoms with Gasteiger partial charge in [-0.05, 0) is 37.3 Å². The predicted molar refractivity (Wildman–Crippen MR) is 102 cm³/mol. The Morgan fingerprint density at radius 2 is 1.73 bits per heavy atom. The molecule has 3 amide bonds. The zero-order chi connectivity index (χ0) is 19.3. The third-order valence-electron chi connectivity index (χ3n) is 4.27. The molecule has 6 nitrogen and oxygen atoms in total. The van der Waals surface area contributed by atoms with E-state index in [4.69, 9.17) is 0 Å². The summed E-state index contributed by atoms with van der Waals surface area (Å²) < 4.78 is 0. The highest BCUT2D eigenvalue weighted by molar-refractivity contribution is 6.05. The zero-order valence-electron chi connectivity index (χ0n) is 16.1. The van der Waals surface area contributed by atoms with Crippen LogP contribution in [0.2, 0.25) is 0 Å². The first-order valence-corrected chi connectivity index (χ1v) is 9.16. The molecule has 1 aromatic rings. The summed E-state index contributed by atoms with van der Waals surface area (Å²) in [7, 11) is 0. The van der Waals surface area contributed by atoms with Gasteiger partial charge < -0.3 is 15.5 Å². The number of anilines is 1. The second-order valence-corrected chi connectivity index (χ2v) is 8.06. The van der Waals surface area contributed by atoms with E-state index in [1.165, 1.54) is 0 Å². The monoisotopic (exact) mass is 359 g/mol. The van der Waals surface area contributed by atoms with Gasteiger partial charge in [-0.1, -0.05) is 32.9 Å². The summed E-state index contributed by atoms with van der Waals surface area (Å²) in [5.41, 5.74) is 0.817. The summed E-state index contributed by atoms with van der Waals surface area (Å²) in [6, 6.07) is 6.32. The number of carbonyl (C=O) groups is 3. The first-order valence-electron chi connectivity index (χ1n) is 9.16. The molecule has 0 saturated carbocycles. The van der Waals surface area contributed by atoms with Gasteiger partial charge in [0.1, 0.15) is 6.04 Å². The van der Waals surface area contributed by atoms with Gasteiger partial charge in [-0.15, -0.1) is 0 Å². The Balaban J connectivity index is 2.02. The normalized spacial score (nSPS) is 15.5. The first-order chi connectivity index (χ1) is 12.2. The SMILES string of the molecule is C[C@@H](NC(=O)CC(C)(C)C)C(=O)Nc1ccccc1C(=O)N1CCCC1. The van der Waals surface area contributed by atoms with Crippen LogP contribution in [0.25, 0.3) is 0 Å². The number of hydrogen-bond acceptors (Lipinski definition) is 3. The van der Waals surface area contributed by atoms with E-state index in [2.05, 4.69) is 10.6 Å². The molecule has 0 bridgehead atoms. The van der Waals surface area contributed by atoms with Crippen molar-refractivity contribution in [3.63, 3.8) is 0 Å². The number of amides is 3. The average Bonchev–Trinajstić information content (AvgIpc) is 3.07. The molecule has 1 fully saturated rings. The molecule has 142 valence electrons. The van der Waals surface area contributed by atoms with Crippen LogP contribution in [0, 0.1) is 5.41 Å². The second kappa shape index (κ2) is 8.34. The maximum atomic E-state index is 12.7. The molecule has 2 rings (SSSR count). The molecule has 0 spiro atoms. The van der Waals surface area contributed by atoms with Crippen LogP contribution in [0.3, 0.4) is 0 Å². The van der Waals surface area contributed by atoms with Crippen molar-refractivity contribution in [2.45, 2.75) is 53.0 Å². The van der Waals surface area contributed by atoms with Crippen LogP contribution in [0.4, 0.5) is 5.69 Å². The predicted octanol–water partition coefficient (Wildman–Crippen LogP) is 2.80. The van der Waals surface area contributed by atoms with Gasteiger partial charge in [-0.3, -0.25) is 14.4 Å². The lowest BCUT2D eigenvalue weighted by molar-refractivity contribution is -0.127. The van der Waals surface area contributed by atoms with E-state index >= 15 is 0 Å². The van der Waals surface area contributed by atoms with Gasteiger partial charge in [-0.2, -0.15) is 0 Å². The van der Waals surface area contributed by atoms with E-state index in [0.29, 0.717) is 17.7 Å². The standard InChI is InChI=1S/C20H29N3O3/c1-14(21-17(24)13-20(2,3)4)18(25)22-16-10-6-5-9-15(16)19(26)23-11-7-8-12-23/h5-6,9-10,14H,7-8,11-13H2,1-4H3,(H,21,24)(H,22,25)/t14-/m1/s1. The number of hydrogen-bond donors (Lipinski definition) is 2. The number of nitrogens with zero attached hydrogens (tertiary/aromatic N) is 1. The molecule has 1 aromatic carbocycles. The fraction of sp³-hybridized carbons (Fsp3) is 0.550. The van der Waals surface area contributed by atoms with Crippen LogP contribution < -0.4 is 10.6 Å². The van der Waals surface area contributed by atoms with Crippen molar-refractivity contribution in [2.24, 2.45) is 5.41 Å². The number of rotatable bonds is 5. The second-order valence-electron chi connectivity index (χ2n) is 8.06. The third kappa shape index (κ3) is 5.58. The molecule has 0 radical (unpaired) electrons. The molecule has 1 atom stereocenters. The van der Waals surface area contributed by atoms with Crippen LogP contribution in [-0.2, 0) is 9.59 Å². The number of carbonyl (C=O) groups excluding carboxylic acids is 3. The van der Waals surface area contributed by atoms with Crippen molar-refractivity contribution in [1.82, 2.24) is 10.2 Å². The van der Waals surface area contributed by atoms with Crippen LogP contribution in [-0.4, -0.2) is 41.8 Å². The summed E-state index contributed by atoms with van der Waals surface area (Å²) in [5, 5.41) is 5.50. The molecule has 0 unspecified atom stereocenters. The molecule has 2 N–H and O–H groups in total. The average molecular weight is 359 g/mol. The minimum Gasteiger partial charge on any atom is -0.345 e. The van der Waals surface area contributed by atoms with E-state index < -0.39 is 6.04 Å². The summed E-state index contributed by atoms with van der Waals surface area (Å²) in [6.07, 6.45) is 2.36. The largest absolute Gasteiger partial charge is 0.345 e. The fourth-order valence-electron chi connectivity index (χ4n) is 2.95. The molecule has 1 aliphatic heterocycles. The number of nitrogens with one attached hydrogen (secondary N) is 2. The fourth-order valence-corrected chi connectivity index (χ4v) is 2.95. The molecule has 0 aromatic heterocycles. The van der Waals surface area contributed by atoms with Gasteiger partial charge in [0.05, 0.1) is 11.3 Å². The van der Waals surface area contributed by atoms with Gasteiger partial charge in [-0.25, -0.2) is 0 Å². The van der Waals surface area contributed by atoms with Crippen LogP contribution in [0.1, 0.15) is 57.3 Å². The van der Waals surface area contributed by atoms with E-state index in [-0.39, 0.29) is 23.1 Å². The van der Waals surface area contributed by atoms with Crippen molar-refractivity contribution in [3.05, 3.63) is 29.8 Å². The molecule has 6 heteroatoms. The van der Waals surface area contributed by atoms with Crippen molar-refractivity contribution in [1.29, 1.82) is 0 Å². The Hall–Kier alpha value is -2.37. The Morgan fingerprint density at radius 1 is 1.12 bits per heavy atom. The lowest BCUT2D eigenvalue weighted by Crippen LogP contribution is -2.43. The van der Waals surface area contributed by atoms with Gasteiger partial charge in [0.15, 0.2) is 0 Å². The summed E-state index contributed by atoms with van der Waals surface area (Å²) in [4.78, 5) is 38.9.